The molecule has 2 N–H and O–H groups in total. The molecule has 0 aromatic heterocycles. The molecule has 2 rings (SSSR count). The first-order chi connectivity index (χ1) is 8.09. The molecule has 2 unspecified atom stereocenters. The van der Waals surface area contributed by atoms with Crippen molar-refractivity contribution in [3.05, 3.63) is 29.8 Å². The number of carbonyl (C=O) groups excluding carboxylic acids is 1. The van der Waals surface area contributed by atoms with Gasteiger partial charge in [0.15, 0.2) is 0 Å². The first-order valence-electron chi connectivity index (χ1n) is 5.58. The van der Waals surface area contributed by atoms with Gasteiger partial charge in [0, 0.05) is 0 Å². The lowest BCUT2D eigenvalue weighted by Crippen LogP contribution is -2.39. The summed E-state index contributed by atoms with van der Waals surface area (Å²) in [4.78, 5) is 11.8. The van der Waals surface area contributed by atoms with E-state index in [2.05, 4.69) is 10.6 Å². The molecular weight excluding hydrogens is 226 g/mol. The van der Waals surface area contributed by atoms with Crippen LogP contribution in [0, 0.1) is 17.6 Å². The Hall–Kier alpha value is -1.49. The summed E-state index contributed by atoms with van der Waals surface area (Å²) < 4.78 is 26.6. The summed E-state index contributed by atoms with van der Waals surface area (Å²) in [5.41, 5.74) is -0.376. The highest BCUT2D eigenvalue weighted by molar-refractivity contribution is 5.95. The Morgan fingerprint density at radius 3 is 2.59 bits per heavy atom. The zero-order valence-corrected chi connectivity index (χ0v) is 9.47. The van der Waals surface area contributed by atoms with E-state index < -0.39 is 11.6 Å². The molecule has 92 valence electrons. The Balaban J connectivity index is 2.13. The first kappa shape index (κ1) is 12.0. The van der Waals surface area contributed by atoms with Gasteiger partial charge in [-0.15, -0.1) is 0 Å². The second kappa shape index (κ2) is 4.79. The van der Waals surface area contributed by atoms with Crippen molar-refractivity contribution in [1.82, 2.24) is 5.32 Å². The average Bonchev–Trinajstić information content (AvgIpc) is 2.70. The molecule has 5 heteroatoms. The number of nitrogens with one attached hydrogen (secondary N) is 2. The van der Waals surface area contributed by atoms with E-state index in [4.69, 9.17) is 0 Å². The maximum Gasteiger partial charge on any atom is 0.241 e. The lowest BCUT2D eigenvalue weighted by atomic mass is 10.0. The summed E-state index contributed by atoms with van der Waals surface area (Å²) >= 11 is 0. The zero-order chi connectivity index (χ0) is 12.4. The SMILES string of the molecule is CC1CCNC1C(=O)Nc1c(F)cccc1F. The minimum Gasteiger partial charge on any atom is -0.320 e. The van der Waals surface area contributed by atoms with Crippen molar-refractivity contribution in [2.24, 2.45) is 5.92 Å². The van der Waals surface area contributed by atoms with Crippen LogP contribution in [0.15, 0.2) is 18.2 Å². The highest BCUT2D eigenvalue weighted by Crippen LogP contribution is 2.20. The van der Waals surface area contributed by atoms with Gasteiger partial charge in [-0.25, -0.2) is 8.78 Å². The fourth-order valence-corrected chi connectivity index (χ4v) is 2.00. The third-order valence-electron chi connectivity index (χ3n) is 3.03. The van der Waals surface area contributed by atoms with Gasteiger partial charge in [-0.2, -0.15) is 0 Å². The van der Waals surface area contributed by atoms with E-state index in [0.717, 1.165) is 25.1 Å². The van der Waals surface area contributed by atoms with Crippen molar-refractivity contribution < 1.29 is 13.6 Å². The number of halogens is 2. The predicted molar refractivity (Wildman–Crippen MR) is 60.6 cm³/mol. The third kappa shape index (κ3) is 2.44. The Morgan fingerprint density at radius 1 is 1.41 bits per heavy atom. The Kier molecular flexibility index (Phi) is 3.38. The van der Waals surface area contributed by atoms with Crippen molar-refractivity contribution in [1.29, 1.82) is 0 Å². The fraction of sp³-hybridized carbons (Fsp3) is 0.417. The van der Waals surface area contributed by atoms with E-state index in [9.17, 15) is 13.6 Å². The van der Waals surface area contributed by atoms with Crippen molar-refractivity contribution >= 4 is 11.6 Å². The number of amides is 1. The van der Waals surface area contributed by atoms with Gasteiger partial charge in [-0.05, 0) is 31.0 Å². The minimum absolute atomic E-state index is 0.171. The third-order valence-corrected chi connectivity index (χ3v) is 3.03. The predicted octanol–water partition coefficient (Wildman–Crippen LogP) is 1.90. The molecule has 1 aromatic rings. The maximum absolute atomic E-state index is 13.3. The second-order valence-corrected chi connectivity index (χ2v) is 4.28. The summed E-state index contributed by atoms with van der Waals surface area (Å²) in [6, 6.07) is 3.11. The molecule has 0 spiro atoms. The molecular formula is C12H14F2N2O. The van der Waals surface area contributed by atoms with E-state index >= 15 is 0 Å². The fourth-order valence-electron chi connectivity index (χ4n) is 2.00. The number of hydrogen-bond acceptors (Lipinski definition) is 2. The Bertz CT molecular complexity index is 416. The topological polar surface area (TPSA) is 41.1 Å². The monoisotopic (exact) mass is 240 g/mol. The molecule has 2 atom stereocenters. The summed E-state index contributed by atoms with van der Waals surface area (Å²) in [5.74, 6) is -1.74. The van der Waals surface area contributed by atoms with Crippen LogP contribution in [0.5, 0.6) is 0 Å². The number of anilines is 1. The van der Waals surface area contributed by atoms with Crippen molar-refractivity contribution in [2.45, 2.75) is 19.4 Å². The van der Waals surface area contributed by atoms with Gasteiger partial charge in [0.05, 0.1) is 6.04 Å². The van der Waals surface area contributed by atoms with Crippen LogP contribution in [0.25, 0.3) is 0 Å². The molecule has 0 saturated carbocycles. The van der Waals surface area contributed by atoms with Crippen LogP contribution >= 0.6 is 0 Å². The molecule has 1 aliphatic heterocycles. The number of benzene rings is 1. The van der Waals surface area contributed by atoms with E-state index in [1.165, 1.54) is 6.07 Å². The zero-order valence-electron chi connectivity index (χ0n) is 9.47. The van der Waals surface area contributed by atoms with E-state index in [-0.39, 0.29) is 23.6 Å². The van der Waals surface area contributed by atoms with Gasteiger partial charge < -0.3 is 10.6 Å². The summed E-state index contributed by atoms with van der Waals surface area (Å²) in [5, 5.41) is 5.31. The van der Waals surface area contributed by atoms with Crippen LogP contribution in [-0.2, 0) is 4.79 Å². The number of hydrogen-bond donors (Lipinski definition) is 2. The Morgan fingerprint density at radius 2 is 2.06 bits per heavy atom. The van der Waals surface area contributed by atoms with Crippen LogP contribution in [0.3, 0.4) is 0 Å². The van der Waals surface area contributed by atoms with E-state index in [0.29, 0.717) is 0 Å². The van der Waals surface area contributed by atoms with Crippen molar-refractivity contribution in [3.8, 4) is 0 Å². The number of rotatable bonds is 2. The lowest BCUT2D eigenvalue weighted by molar-refractivity contribution is -0.118. The average molecular weight is 240 g/mol. The molecule has 1 heterocycles. The van der Waals surface area contributed by atoms with Crippen LogP contribution in [0.4, 0.5) is 14.5 Å². The molecule has 3 nitrogen and oxygen atoms in total. The van der Waals surface area contributed by atoms with Crippen LogP contribution in [-0.4, -0.2) is 18.5 Å². The van der Waals surface area contributed by atoms with Gasteiger partial charge in [0.25, 0.3) is 0 Å². The molecule has 17 heavy (non-hydrogen) atoms. The standard InChI is InChI=1S/C12H14F2N2O/c1-7-5-6-15-10(7)12(17)16-11-8(13)3-2-4-9(11)14/h2-4,7,10,15H,5-6H2,1H3,(H,16,17). The largest absolute Gasteiger partial charge is 0.320 e. The second-order valence-electron chi connectivity index (χ2n) is 4.28. The van der Waals surface area contributed by atoms with Crippen LogP contribution in [0.2, 0.25) is 0 Å². The maximum atomic E-state index is 13.3. The molecule has 0 bridgehead atoms. The molecule has 1 fully saturated rings. The first-order valence-corrected chi connectivity index (χ1v) is 5.58. The van der Waals surface area contributed by atoms with Gasteiger partial charge in [-0.1, -0.05) is 13.0 Å². The number of carbonyl (C=O) groups is 1. The van der Waals surface area contributed by atoms with E-state index in [1.54, 1.807) is 0 Å². The smallest absolute Gasteiger partial charge is 0.241 e. The lowest BCUT2D eigenvalue weighted by Gasteiger charge is -2.16. The molecule has 1 aromatic carbocycles. The normalized spacial score (nSPS) is 23.7. The quantitative estimate of drug-likeness (QED) is 0.829. The van der Waals surface area contributed by atoms with Gasteiger partial charge >= 0.3 is 0 Å². The van der Waals surface area contributed by atoms with Gasteiger partial charge in [0.1, 0.15) is 17.3 Å². The number of para-hydroxylation sites is 1. The molecule has 0 radical (unpaired) electrons. The van der Waals surface area contributed by atoms with Crippen molar-refractivity contribution in [2.75, 3.05) is 11.9 Å². The summed E-state index contributed by atoms with van der Waals surface area (Å²) in [6.07, 6.45) is 0.887. The molecule has 1 saturated heterocycles. The van der Waals surface area contributed by atoms with Crippen LogP contribution < -0.4 is 10.6 Å². The molecule has 1 aliphatic rings. The summed E-state index contributed by atoms with van der Waals surface area (Å²) in [6.45, 7) is 2.68. The van der Waals surface area contributed by atoms with Gasteiger partial charge in [-0.3, -0.25) is 4.79 Å². The highest BCUT2D eigenvalue weighted by atomic mass is 19.1. The van der Waals surface area contributed by atoms with Crippen molar-refractivity contribution in [3.63, 3.8) is 0 Å². The Labute approximate surface area is 98.2 Å². The minimum atomic E-state index is -0.760. The molecule has 0 aliphatic carbocycles. The van der Waals surface area contributed by atoms with Gasteiger partial charge in [0.2, 0.25) is 5.91 Å². The summed E-state index contributed by atoms with van der Waals surface area (Å²) in [7, 11) is 0. The van der Waals surface area contributed by atoms with E-state index in [1.807, 2.05) is 6.92 Å². The van der Waals surface area contributed by atoms with Crippen LogP contribution in [0.1, 0.15) is 13.3 Å². The highest BCUT2D eigenvalue weighted by Gasteiger charge is 2.30. The molecule has 1 amide bonds.